The van der Waals surface area contributed by atoms with Gasteiger partial charge in [0.25, 0.3) is 0 Å². The molecule has 21 heavy (non-hydrogen) atoms. The van der Waals surface area contributed by atoms with Gasteiger partial charge >= 0.3 is 0 Å². The summed E-state index contributed by atoms with van der Waals surface area (Å²) in [7, 11) is 0. The number of phenols is 1. The van der Waals surface area contributed by atoms with Gasteiger partial charge in [-0.2, -0.15) is 0 Å². The molecule has 0 heterocycles. The molecule has 0 fully saturated rings. The van der Waals surface area contributed by atoms with Crippen molar-refractivity contribution in [2.75, 3.05) is 5.32 Å². The summed E-state index contributed by atoms with van der Waals surface area (Å²) in [5, 5.41) is 22.1. The molecule has 0 spiro atoms. The lowest BCUT2D eigenvalue weighted by Crippen LogP contribution is -2.16. The highest BCUT2D eigenvalue weighted by Gasteiger charge is 2.12. The second-order valence-electron chi connectivity index (χ2n) is 4.76. The first-order valence-corrected chi connectivity index (χ1v) is 6.89. The monoisotopic (exact) mass is 305 g/mol. The fourth-order valence-electron chi connectivity index (χ4n) is 2.02. The Morgan fingerprint density at radius 1 is 1.29 bits per heavy atom. The third kappa shape index (κ3) is 3.97. The number of benzene rings is 2. The second kappa shape index (κ2) is 6.61. The van der Waals surface area contributed by atoms with E-state index < -0.39 is 6.10 Å². The second-order valence-corrected chi connectivity index (χ2v) is 5.17. The van der Waals surface area contributed by atoms with Crippen LogP contribution < -0.4 is 5.32 Å². The van der Waals surface area contributed by atoms with Crippen molar-refractivity contribution in [3.63, 3.8) is 0 Å². The Morgan fingerprint density at radius 3 is 2.67 bits per heavy atom. The molecule has 1 atom stereocenters. The maximum atomic E-state index is 12.1. The van der Waals surface area contributed by atoms with Crippen LogP contribution in [0.3, 0.4) is 0 Å². The molecule has 0 aliphatic heterocycles. The number of phenolic OH excluding ortho intramolecular Hbond substituents is 1. The average molecular weight is 306 g/mol. The van der Waals surface area contributed by atoms with Crippen LogP contribution in [0.4, 0.5) is 5.69 Å². The van der Waals surface area contributed by atoms with E-state index in [1.165, 1.54) is 12.1 Å². The van der Waals surface area contributed by atoms with Crippen LogP contribution >= 0.6 is 11.6 Å². The molecular formula is C16H16ClNO3. The van der Waals surface area contributed by atoms with Crippen molar-refractivity contribution >= 4 is 23.2 Å². The number of carbonyl (C=O) groups excluding carboxylic acids is 1. The summed E-state index contributed by atoms with van der Waals surface area (Å²) < 4.78 is 0. The summed E-state index contributed by atoms with van der Waals surface area (Å²) in [6, 6.07) is 11.6. The molecule has 0 saturated carbocycles. The van der Waals surface area contributed by atoms with Gasteiger partial charge in [0.1, 0.15) is 5.75 Å². The Bertz CT molecular complexity index is 656. The van der Waals surface area contributed by atoms with E-state index in [9.17, 15) is 15.0 Å². The van der Waals surface area contributed by atoms with Crippen LogP contribution in [-0.4, -0.2) is 16.1 Å². The lowest BCUT2D eigenvalue weighted by molar-refractivity contribution is -0.115. The van der Waals surface area contributed by atoms with Gasteiger partial charge in [-0.25, -0.2) is 0 Å². The SMILES string of the molecule is CC(O)c1ccccc1NC(=O)Cc1ccc(O)cc1Cl. The molecule has 0 aliphatic carbocycles. The minimum Gasteiger partial charge on any atom is -0.508 e. The number of para-hydroxylation sites is 1. The van der Waals surface area contributed by atoms with Gasteiger partial charge in [0.15, 0.2) is 0 Å². The predicted octanol–water partition coefficient (Wildman–Crippen LogP) is 3.28. The number of nitrogens with one attached hydrogen (secondary N) is 1. The molecule has 0 saturated heterocycles. The maximum Gasteiger partial charge on any atom is 0.228 e. The van der Waals surface area contributed by atoms with Gasteiger partial charge < -0.3 is 15.5 Å². The summed E-state index contributed by atoms with van der Waals surface area (Å²) in [5.41, 5.74) is 1.86. The minimum atomic E-state index is -0.668. The highest BCUT2D eigenvalue weighted by Crippen LogP contribution is 2.24. The van der Waals surface area contributed by atoms with Crippen LogP contribution in [0.5, 0.6) is 5.75 Å². The highest BCUT2D eigenvalue weighted by molar-refractivity contribution is 6.31. The third-order valence-corrected chi connectivity index (χ3v) is 3.42. The number of anilines is 1. The van der Waals surface area contributed by atoms with Crippen LogP contribution in [0, 0.1) is 0 Å². The summed E-state index contributed by atoms with van der Waals surface area (Å²) in [4.78, 5) is 12.1. The Kier molecular flexibility index (Phi) is 4.83. The fraction of sp³-hybridized carbons (Fsp3) is 0.188. The normalized spacial score (nSPS) is 12.0. The summed E-state index contributed by atoms with van der Waals surface area (Å²) in [6.07, 6.45) is -0.577. The van der Waals surface area contributed by atoms with E-state index in [-0.39, 0.29) is 18.1 Å². The highest BCUT2D eigenvalue weighted by atomic mass is 35.5. The number of amides is 1. The number of halogens is 1. The maximum absolute atomic E-state index is 12.1. The lowest BCUT2D eigenvalue weighted by Gasteiger charge is -2.13. The zero-order valence-corrected chi connectivity index (χ0v) is 12.3. The van der Waals surface area contributed by atoms with Crippen LogP contribution in [0.2, 0.25) is 5.02 Å². The number of aliphatic hydroxyl groups is 1. The molecule has 4 nitrogen and oxygen atoms in total. The Hall–Kier alpha value is -2.04. The Labute approximate surface area is 128 Å². The van der Waals surface area contributed by atoms with Crippen molar-refractivity contribution in [1.82, 2.24) is 0 Å². The Balaban J connectivity index is 2.12. The average Bonchev–Trinajstić information content (AvgIpc) is 2.42. The molecule has 5 heteroatoms. The molecule has 1 unspecified atom stereocenters. The molecule has 3 N–H and O–H groups in total. The van der Waals surface area contributed by atoms with E-state index in [2.05, 4.69) is 5.32 Å². The van der Waals surface area contributed by atoms with Crippen molar-refractivity contribution in [2.45, 2.75) is 19.4 Å². The fourth-order valence-corrected chi connectivity index (χ4v) is 2.26. The van der Waals surface area contributed by atoms with Crippen molar-refractivity contribution in [3.05, 3.63) is 58.6 Å². The molecule has 110 valence electrons. The number of aliphatic hydroxyl groups excluding tert-OH is 1. The molecule has 2 rings (SSSR count). The van der Waals surface area contributed by atoms with Crippen molar-refractivity contribution in [3.8, 4) is 5.75 Å². The quantitative estimate of drug-likeness (QED) is 0.812. The van der Waals surface area contributed by atoms with Crippen molar-refractivity contribution < 1.29 is 15.0 Å². The zero-order valence-electron chi connectivity index (χ0n) is 11.5. The molecule has 0 bridgehead atoms. The smallest absolute Gasteiger partial charge is 0.228 e. The van der Waals surface area contributed by atoms with E-state index in [0.717, 1.165) is 0 Å². The largest absolute Gasteiger partial charge is 0.508 e. The Morgan fingerprint density at radius 2 is 2.00 bits per heavy atom. The van der Waals surface area contributed by atoms with Crippen molar-refractivity contribution in [1.29, 1.82) is 0 Å². The summed E-state index contributed by atoms with van der Waals surface area (Å²) in [5.74, 6) is -0.181. The molecule has 0 aromatic heterocycles. The van der Waals surface area contributed by atoms with Crippen LogP contribution in [0.15, 0.2) is 42.5 Å². The molecular weight excluding hydrogens is 290 g/mol. The van der Waals surface area contributed by atoms with E-state index in [1.807, 2.05) is 0 Å². The first-order chi connectivity index (χ1) is 9.97. The summed E-state index contributed by atoms with van der Waals surface area (Å²) in [6.45, 7) is 1.64. The van der Waals surface area contributed by atoms with E-state index in [0.29, 0.717) is 21.8 Å². The third-order valence-electron chi connectivity index (χ3n) is 3.07. The van der Waals surface area contributed by atoms with Gasteiger partial charge in [0.2, 0.25) is 5.91 Å². The number of aromatic hydroxyl groups is 1. The number of hydrogen-bond acceptors (Lipinski definition) is 3. The predicted molar refractivity (Wildman–Crippen MR) is 82.5 cm³/mol. The van der Waals surface area contributed by atoms with E-state index >= 15 is 0 Å². The van der Waals surface area contributed by atoms with Gasteiger partial charge in [-0.3, -0.25) is 4.79 Å². The van der Waals surface area contributed by atoms with Crippen molar-refractivity contribution in [2.24, 2.45) is 0 Å². The van der Waals surface area contributed by atoms with Crippen LogP contribution in [-0.2, 0) is 11.2 Å². The van der Waals surface area contributed by atoms with Gasteiger partial charge in [0.05, 0.1) is 12.5 Å². The first kappa shape index (κ1) is 15.4. The van der Waals surface area contributed by atoms with Gasteiger partial charge in [-0.15, -0.1) is 0 Å². The molecule has 2 aromatic rings. The van der Waals surface area contributed by atoms with Crippen LogP contribution in [0.25, 0.3) is 0 Å². The minimum absolute atomic E-state index is 0.0589. The van der Waals surface area contributed by atoms with E-state index in [1.54, 1.807) is 37.3 Å². The molecule has 1 amide bonds. The summed E-state index contributed by atoms with van der Waals surface area (Å²) >= 11 is 5.98. The first-order valence-electron chi connectivity index (χ1n) is 6.51. The topological polar surface area (TPSA) is 69.6 Å². The van der Waals surface area contributed by atoms with Gasteiger partial charge in [0, 0.05) is 16.3 Å². The van der Waals surface area contributed by atoms with Gasteiger partial charge in [-0.05, 0) is 30.7 Å². The van der Waals surface area contributed by atoms with E-state index in [4.69, 9.17) is 11.6 Å². The number of rotatable bonds is 4. The lowest BCUT2D eigenvalue weighted by atomic mass is 10.1. The van der Waals surface area contributed by atoms with Crippen LogP contribution in [0.1, 0.15) is 24.2 Å². The number of hydrogen-bond donors (Lipinski definition) is 3. The zero-order chi connectivity index (χ0) is 15.4. The standard InChI is InChI=1S/C16H16ClNO3/c1-10(19)13-4-2-3-5-15(13)18-16(21)8-11-6-7-12(20)9-14(11)17/h2-7,9-10,19-20H,8H2,1H3,(H,18,21). The number of carbonyl (C=O) groups is 1. The van der Waals surface area contributed by atoms with Gasteiger partial charge in [-0.1, -0.05) is 35.9 Å². The molecule has 0 aliphatic rings. The molecule has 0 radical (unpaired) electrons. The molecule has 2 aromatic carbocycles.